The first-order chi connectivity index (χ1) is 8.09. The van der Waals surface area contributed by atoms with Gasteiger partial charge in [-0.2, -0.15) is 11.8 Å². The van der Waals surface area contributed by atoms with Crippen molar-refractivity contribution in [2.75, 3.05) is 25.1 Å². The van der Waals surface area contributed by atoms with E-state index in [1.54, 1.807) is 0 Å². The van der Waals surface area contributed by atoms with Crippen molar-refractivity contribution < 1.29 is 4.79 Å². The van der Waals surface area contributed by atoms with Crippen LogP contribution < -0.4 is 0 Å². The summed E-state index contributed by atoms with van der Waals surface area (Å²) in [4.78, 5) is 14.8. The highest BCUT2D eigenvalue weighted by molar-refractivity contribution is 7.99. The fourth-order valence-electron chi connectivity index (χ4n) is 3.06. The average Bonchev–Trinajstić information content (AvgIpc) is 2.32. The number of hydrogen-bond donors (Lipinski definition) is 0. The molecule has 1 aliphatic carbocycles. The quantitative estimate of drug-likeness (QED) is 0.756. The second kappa shape index (κ2) is 5.75. The van der Waals surface area contributed by atoms with E-state index in [0.29, 0.717) is 11.7 Å². The van der Waals surface area contributed by atoms with E-state index in [9.17, 15) is 4.79 Å². The van der Waals surface area contributed by atoms with Crippen LogP contribution in [0.2, 0.25) is 0 Å². The molecular weight excluding hydrogens is 230 g/mol. The molecular formula is C14H25NOS. The van der Waals surface area contributed by atoms with Gasteiger partial charge in [-0.1, -0.05) is 13.8 Å². The smallest absolute Gasteiger partial charge is 0.153 e. The van der Waals surface area contributed by atoms with Gasteiger partial charge in [0.25, 0.3) is 0 Å². The molecule has 1 aliphatic heterocycles. The Kier molecular flexibility index (Phi) is 4.53. The van der Waals surface area contributed by atoms with E-state index >= 15 is 0 Å². The van der Waals surface area contributed by atoms with Gasteiger partial charge < -0.3 is 0 Å². The van der Waals surface area contributed by atoms with E-state index < -0.39 is 0 Å². The fourth-order valence-corrected chi connectivity index (χ4v) is 4.29. The molecule has 0 aromatic carbocycles. The summed E-state index contributed by atoms with van der Waals surface area (Å²) in [5, 5.41) is 0. The molecule has 2 fully saturated rings. The van der Waals surface area contributed by atoms with Gasteiger partial charge in [0.2, 0.25) is 0 Å². The molecule has 0 aromatic heterocycles. The molecule has 2 nitrogen and oxygen atoms in total. The van der Waals surface area contributed by atoms with Crippen LogP contribution in [0.3, 0.4) is 0 Å². The second-order valence-corrected chi connectivity index (χ2v) is 7.09. The fraction of sp³-hybridized carbons (Fsp3) is 0.929. The van der Waals surface area contributed by atoms with E-state index in [-0.39, 0.29) is 6.04 Å². The average molecular weight is 255 g/mol. The highest BCUT2D eigenvalue weighted by atomic mass is 32.2. The zero-order valence-corrected chi connectivity index (χ0v) is 12.1. The number of rotatable bonds is 2. The predicted octanol–water partition coefficient (Wildman–Crippen LogP) is 2.68. The predicted molar refractivity (Wildman–Crippen MR) is 74.4 cm³/mol. The zero-order valence-electron chi connectivity index (χ0n) is 11.3. The molecule has 4 atom stereocenters. The van der Waals surface area contributed by atoms with E-state index in [1.807, 2.05) is 11.8 Å². The Bertz CT molecular complexity index is 281. The standard InChI is InChI=1S/C14H25NOS/c1-10-4-5-12(8-11(10)2)14(16)13-9-17-7-6-15(13)3/h10-13H,4-9H2,1-3H3. The Balaban J connectivity index is 1.95. The topological polar surface area (TPSA) is 20.3 Å². The van der Waals surface area contributed by atoms with E-state index in [4.69, 9.17) is 0 Å². The number of Topliss-reactive ketones (excluding diaryl/α,β-unsaturated/α-hetero) is 1. The zero-order chi connectivity index (χ0) is 12.4. The van der Waals surface area contributed by atoms with Crippen molar-refractivity contribution in [3.63, 3.8) is 0 Å². The van der Waals surface area contributed by atoms with Gasteiger partial charge in [-0.25, -0.2) is 0 Å². The van der Waals surface area contributed by atoms with Crippen molar-refractivity contribution >= 4 is 17.5 Å². The molecule has 2 rings (SSSR count). The third kappa shape index (κ3) is 3.05. The molecule has 17 heavy (non-hydrogen) atoms. The van der Waals surface area contributed by atoms with E-state index in [1.165, 1.54) is 12.2 Å². The first kappa shape index (κ1) is 13.4. The van der Waals surface area contributed by atoms with Crippen molar-refractivity contribution in [3.8, 4) is 0 Å². The summed E-state index contributed by atoms with van der Waals surface area (Å²) < 4.78 is 0. The monoisotopic (exact) mass is 255 g/mol. The van der Waals surface area contributed by atoms with Crippen LogP contribution in [0.25, 0.3) is 0 Å². The summed E-state index contributed by atoms with van der Waals surface area (Å²) in [6.07, 6.45) is 3.48. The minimum atomic E-state index is 0.194. The van der Waals surface area contributed by atoms with Gasteiger partial charge in [0.15, 0.2) is 5.78 Å². The number of hydrogen-bond acceptors (Lipinski definition) is 3. The molecule has 2 aliphatic rings. The lowest BCUT2D eigenvalue weighted by Gasteiger charge is -2.37. The molecule has 1 saturated heterocycles. The number of likely N-dealkylation sites (N-methyl/N-ethyl adjacent to an activating group) is 1. The molecule has 3 heteroatoms. The number of carbonyl (C=O) groups excluding carboxylic acids is 1. The van der Waals surface area contributed by atoms with Crippen LogP contribution in [0.5, 0.6) is 0 Å². The van der Waals surface area contributed by atoms with Gasteiger partial charge in [-0.3, -0.25) is 9.69 Å². The molecule has 1 heterocycles. The Morgan fingerprint density at radius 3 is 2.65 bits per heavy atom. The second-order valence-electron chi connectivity index (χ2n) is 5.94. The van der Waals surface area contributed by atoms with Gasteiger partial charge >= 0.3 is 0 Å². The Morgan fingerprint density at radius 1 is 1.24 bits per heavy atom. The van der Waals surface area contributed by atoms with Crippen LogP contribution in [0.1, 0.15) is 33.1 Å². The normalized spacial score (nSPS) is 40.2. The molecule has 1 saturated carbocycles. The van der Waals surface area contributed by atoms with Gasteiger partial charge in [0.05, 0.1) is 6.04 Å². The molecule has 98 valence electrons. The van der Waals surface area contributed by atoms with E-state index in [0.717, 1.165) is 37.0 Å². The lowest BCUT2D eigenvalue weighted by atomic mass is 9.73. The molecule has 0 aromatic rings. The largest absolute Gasteiger partial charge is 0.298 e. The van der Waals surface area contributed by atoms with Gasteiger partial charge in [0.1, 0.15) is 0 Å². The molecule has 0 radical (unpaired) electrons. The number of carbonyl (C=O) groups is 1. The van der Waals surface area contributed by atoms with Gasteiger partial charge in [-0.15, -0.1) is 0 Å². The third-order valence-electron chi connectivity index (χ3n) is 4.73. The maximum Gasteiger partial charge on any atom is 0.153 e. The SMILES string of the molecule is CC1CCC(C(=O)C2CSCCN2C)CC1C. The lowest BCUT2D eigenvalue weighted by Crippen LogP contribution is -2.48. The summed E-state index contributed by atoms with van der Waals surface area (Å²) >= 11 is 1.94. The van der Waals surface area contributed by atoms with Crippen molar-refractivity contribution in [2.45, 2.75) is 39.2 Å². The summed E-state index contributed by atoms with van der Waals surface area (Å²) in [6.45, 7) is 5.71. The summed E-state index contributed by atoms with van der Waals surface area (Å²) in [5.41, 5.74) is 0. The number of thioether (sulfide) groups is 1. The van der Waals surface area contributed by atoms with Crippen LogP contribution in [0.15, 0.2) is 0 Å². The minimum Gasteiger partial charge on any atom is -0.298 e. The van der Waals surface area contributed by atoms with Crippen LogP contribution in [0.4, 0.5) is 0 Å². The van der Waals surface area contributed by atoms with Gasteiger partial charge in [0, 0.05) is 24.0 Å². The summed E-state index contributed by atoms with van der Waals surface area (Å²) in [7, 11) is 2.11. The molecule has 0 amide bonds. The van der Waals surface area contributed by atoms with Crippen molar-refractivity contribution in [3.05, 3.63) is 0 Å². The van der Waals surface area contributed by atoms with Crippen molar-refractivity contribution in [2.24, 2.45) is 17.8 Å². The Hall–Kier alpha value is -0.0200. The molecule has 4 unspecified atom stereocenters. The maximum absolute atomic E-state index is 12.6. The third-order valence-corrected chi connectivity index (χ3v) is 5.75. The minimum absolute atomic E-state index is 0.194. The van der Waals surface area contributed by atoms with Crippen LogP contribution >= 0.6 is 11.8 Å². The molecule has 0 spiro atoms. The first-order valence-electron chi connectivity index (χ1n) is 6.91. The number of ketones is 1. The Labute approximate surface area is 110 Å². The van der Waals surface area contributed by atoms with E-state index in [2.05, 4.69) is 25.8 Å². The van der Waals surface area contributed by atoms with Crippen LogP contribution in [0, 0.1) is 17.8 Å². The molecule has 0 N–H and O–H groups in total. The summed E-state index contributed by atoms with van der Waals surface area (Å²) in [6, 6.07) is 0.194. The number of nitrogens with zero attached hydrogens (tertiary/aromatic N) is 1. The van der Waals surface area contributed by atoms with Gasteiger partial charge in [-0.05, 0) is 38.1 Å². The Morgan fingerprint density at radius 2 is 2.00 bits per heavy atom. The molecule has 0 bridgehead atoms. The van der Waals surface area contributed by atoms with Crippen LogP contribution in [-0.4, -0.2) is 41.8 Å². The maximum atomic E-state index is 12.6. The highest BCUT2D eigenvalue weighted by Gasteiger charge is 2.35. The van der Waals surface area contributed by atoms with Crippen LogP contribution in [-0.2, 0) is 4.79 Å². The first-order valence-corrected chi connectivity index (χ1v) is 8.06. The van der Waals surface area contributed by atoms with Crippen molar-refractivity contribution in [1.29, 1.82) is 0 Å². The van der Waals surface area contributed by atoms with Crippen molar-refractivity contribution in [1.82, 2.24) is 4.90 Å². The lowest BCUT2D eigenvalue weighted by molar-refractivity contribution is -0.128. The highest BCUT2D eigenvalue weighted by Crippen LogP contribution is 2.35. The summed E-state index contributed by atoms with van der Waals surface area (Å²) in [5.74, 6) is 4.58.